The van der Waals surface area contributed by atoms with Crippen LogP contribution in [0.5, 0.6) is 0 Å². The van der Waals surface area contributed by atoms with E-state index in [2.05, 4.69) is 30.3 Å². The Bertz CT molecular complexity index is 373. The maximum absolute atomic E-state index is 8.91. The van der Waals surface area contributed by atoms with E-state index in [9.17, 15) is 0 Å². The van der Waals surface area contributed by atoms with E-state index in [0.717, 1.165) is 12.1 Å². The maximum atomic E-state index is 8.91. The van der Waals surface area contributed by atoms with Crippen LogP contribution in [0.4, 0.5) is 0 Å². The second-order valence-electron chi connectivity index (χ2n) is 4.73. The smallest absolute Gasteiger partial charge is 0.0697 e. The molecule has 1 aromatic rings. The largest absolute Gasteiger partial charge is 0.309 e. The van der Waals surface area contributed by atoms with Crippen molar-refractivity contribution in [1.29, 1.82) is 5.26 Å². The first-order chi connectivity index (χ1) is 7.48. The number of nitrogens with zero attached hydrogens (tertiary/aromatic N) is 3. The van der Waals surface area contributed by atoms with E-state index >= 15 is 0 Å². The summed E-state index contributed by atoms with van der Waals surface area (Å²) in [6, 6.07) is 2.51. The summed E-state index contributed by atoms with van der Waals surface area (Å²) in [6.45, 7) is 9.58. The molecule has 0 aromatic carbocycles. The second kappa shape index (κ2) is 5.13. The highest BCUT2D eigenvalue weighted by molar-refractivity contribution is 5.09. The van der Waals surface area contributed by atoms with Gasteiger partial charge in [-0.2, -0.15) is 10.4 Å². The average Bonchev–Trinajstić information content (AvgIpc) is 2.74. The van der Waals surface area contributed by atoms with Gasteiger partial charge in [0.15, 0.2) is 0 Å². The summed E-state index contributed by atoms with van der Waals surface area (Å²) in [5.41, 5.74) is 0.838. The molecule has 1 aromatic heterocycles. The van der Waals surface area contributed by atoms with Gasteiger partial charge in [-0.1, -0.05) is 0 Å². The lowest BCUT2D eigenvalue weighted by molar-refractivity contribution is 0.415. The number of aromatic nitrogens is 2. The van der Waals surface area contributed by atoms with Crippen LogP contribution in [0, 0.1) is 16.7 Å². The standard InChI is InChI=1S/C12H20N4/c1-5-16-7-11(6-15-16)10(2)14-9-12(3,4)8-13/h6-7,10,14H,5,9H2,1-4H3. The Kier molecular flexibility index (Phi) is 4.08. The molecule has 0 amide bonds. The van der Waals surface area contributed by atoms with Gasteiger partial charge in [0.05, 0.1) is 17.7 Å². The normalized spacial score (nSPS) is 13.4. The second-order valence-corrected chi connectivity index (χ2v) is 4.73. The molecule has 0 bridgehead atoms. The molecule has 1 heterocycles. The molecular weight excluding hydrogens is 200 g/mol. The summed E-state index contributed by atoms with van der Waals surface area (Å²) in [5, 5.41) is 16.5. The predicted molar refractivity (Wildman–Crippen MR) is 63.7 cm³/mol. The molecular formula is C12H20N4. The average molecular weight is 220 g/mol. The van der Waals surface area contributed by atoms with Gasteiger partial charge in [-0.3, -0.25) is 4.68 Å². The molecule has 4 nitrogen and oxygen atoms in total. The van der Waals surface area contributed by atoms with Crippen LogP contribution >= 0.6 is 0 Å². The Labute approximate surface area is 97.3 Å². The Morgan fingerprint density at radius 1 is 1.62 bits per heavy atom. The van der Waals surface area contributed by atoms with E-state index in [4.69, 9.17) is 5.26 Å². The fourth-order valence-corrected chi connectivity index (χ4v) is 1.34. The monoisotopic (exact) mass is 220 g/mol. The van der Waals surface area contributed by atoms with Crippen molar-refractivity contribution >= 4 is 0 Å². The number of nitrogens with one attached hydrogen (secondary N) is 1. The number of hydrogen-bond acceptors (Lipinski definition) is 3. The number of rotatable bonds is 5. The first kappa shape index (κ1) is 12.7. The zero-order valence-electron chi connectivity index (χ0n) is 10.5. The number of nitriles is 1. The zero-order chi connectivity index (χ0) is 12.2. The molecule has 88 valence electrons. The predicted octanol–water partition coefficient (Wildman–Crippen LogP) is 2.10. The van der Waals surface area contributed by atoms with Crippen molar-refractivity contribution in [1.82, 2.24) is 15.1 Å². The summed E-state index contributed by atoms with van der Waals surface area (Å²) in [4.78, 5) is 0. The van der Waals surface area contributed by atoms with Crippen molar-refractivity contribution in [2.75, 3.05) is 6.54 Å². The van der Waals surface area contributed by atoms with Crippen LogP contribution in [0.15, 0.2) is 12.4 Å². The molecule has 1 rings (SSSR count). The van der Waals surface area contributed by atoms with Crippen LogP contribution in [0.2, 0.25) is 0 Å². The summed E-state index contributed by atoms with van der Waals surface area (Å²) in [6.07, 6.45) is 3.91. The van der Waals surface area contributed by atoms with E-state index in [1.54, 1.807) is 0 Å². The maximum Gasteiger partial charge on any atom is 0.0697 e. The van der Waals surface area contributed by atoms with Gasteiger partial charge in [-0.05, 0) is 27.7 Å². The lowest BCUT2D eigenvalue weighted by Crippen LogP contribution is -2.30. The lowest BCUT2D eigenvalue weighted by Gasteiger charge is -2.19. The van der Waals surface area contributed by atoms with Crippen LogP contribution in [0.1, 0.15) is 39.3 Å². The molecule has 0 saturated carbocycles. The third-order valence-electron chi connectivity index (χ3n) is 2.63. The minimum absolute atomic E-state index is 0.230. The number of hydrogen-bond donors (Lipinski definition) is 1. The van der Waals surface area contributed by atoms with Gasteiger partial charge >= 0.3 is 0 Å². The van der Waals surface area contributed by atoms with Gasteiger partial charge in [0, 0.05) is 30.9 Å². The molecule has 0 aliphatic rings. The first-order valence-corrected chi connectivity index (χ1v) is 5.65. The molecule has 4 heteroatoms. The fourth-order valence-electron chi connectivity index (χ4n) is 1.34. The Balaban J connectivity index is 2.53. The van der Waals surface area contributed by atoms with Gasteiger partial charge in [0.2, 0.25) is 0 Å². The van der Waals surface area contributed by atoms with Crippen molar-refractivity contribution in [2.45, 2.75) is 40.3 Å². The van der Waals surface area contributed by atoms with Crippen molar-refractivity contribution < 1.29 is 0 Å². The van der Waals surface area contributed by atoms with Crippen molar-refractivity contribution in [3.05, 3.63) is 18.0 Å². The summed E-state index contributed by atoms with van der Waals surface area (Å²) in [7, 11) is 0. The van der Waals surface area contributed by atoms with Crippen LogP contribution < -0.4 is 5.32 Å². The van der Waals surface area contributed by atoms with Crippen molar-refractivity contribution in [2.24, 2.45) is 5.41 Å². The van der Waals surface area contributed by atoms with Crippen LogP contribution in [-0.2, 0) is 6.54 Å². The van der Waals surface area contributed by atoms with Crippen LogP contribution in [0.3, 0.4) is 0 Å². The third kappa shape index (κ3) is 3.35. The van der Waals surface area contributed by atoms with E-state index < -0.39 is 0 Å². The highest BCUT2D eigenvalue weighted by Gasteiger charge is 2.18. The summed E-state index contributed by atoms with van der Waals surface area (Å²) in [5.74, 6) is 0. The molecule has 0 aliphatic heterocycles. The minimum atomic E-state index is -0.324. The van der Waals surface area contributed by atoms with Gasteiger partial charge in [-0.25, -0.2) is 0 Å². The highest BCUT2D eigenvalue weighted by Crippen LogP contribution is 2.15. The van der Waals surface area contributed by atoms with E-state index in [0.29, 0.717) is 6.54 Å². The Morgan fingerprint density at radius 2 is 2.31 bits per heavy atom. The Hall–Kier alpha value is -1.34. The minimum Gasteiger partial charge on any atom is -0.309 e. The molecule has 0 saturated heterocycles. The van der Waals surface area contributed by atoms with Gasteiger partial charge in [0.25, 0.3) is 0 Å². The number of aryl methyl sites for hydroxylation is 1. The topological polar surface area (TPSA) is 53.6 Å². The fraction of sp³-hybridized carbons (Fsp3) is 0.667. The van der Waals surface area contributed by atoms with Crippen molar-refractivity contribution in [3.8, 4) is 6.07 Å². The van der Waals surface area contributed by atoms with Crippen molar-refractivity contribution in [3.63, 3.8) is 0 Å². The lowest BCUT2D eigenvalue weighted by atomic mass is 9.95. The van der Waals surface area contributed by atoms with Gasteiger partial charge < -0.3 is 5.32 Å². The van der Waals surface area contributed by atoms with E-state index in [1.807, 2.05) is 30.9 Å². The Morgan fingerprint density at radius 3 is 2.81 bits per heavy atom. The molecule has 1 atom stereocenters. The third-order valence-corrected chi connectivity index (χ3v) is 2.63. The highest BCUT2D eigenvalue weighted by atomic mass is 15.3. The van der Waals surface area contributed by atoms with E-state index in [1.165, 1.54) is 0 Å². The SMILES string of the molecule is CCn1cc(C(C)NCC(C)(C)C#N)cn1. The summed E-state index contributed by atoms with van der Waals surface area (Å²) >= 11 is 0. The van der Waals surface area contributed by atoms with E-state index in [-0.39, 0.29) is 11.5 Å². The zero-order valence-corrected chi connectivity index (χ0v) is 10.5. The quantitative estimate of drug-likeness (QED) is 0.826. The van der Waals surface area contributed by atoms with Crippen LogP contribution in [0.25, 0.3) is 0 Å². The molecule has 0 radical (unpaired) electrons. The molecule has 1 unspecified atom stereocenters. The molecule has 16 heavy (non-hydrogen) atoms. The molecule has 0 spiro atoms. The molecule has 1 N–H and O–H groups in total. The van der Waals surface area contributed by atoms with Crippen LogP contribution in [-0.4, -0.2) is 16.3 Å². The van der Waals surface area contributed by atoms with Gasteiger partial charge in [-0.15, -0.1) is 0 Å². The molecule has 0 aliphatic carbocycles. The molecule has 0 fully saturated rings. The summed E-state index contributed by atoms with van der Waals surface area (Å²) < 4.78 is 1.91. The first-order valence-electron chi connectivity index (χ1n) is 5.65. The van der Waals surface area contributed by atoms with Gasteiger partial charge in [0.1, 0.15) is 0 Å².